The summed E-state index contributed by atoms with van der Waals surface area (Å²) < 4.78 is 5.30. The van der Waals surface area contributed by atoms with E-state index in [1.807, 2.05) is 43.1 Å². The highest BCUT2D eigenvalue weighted by Crippen LogP contribution is 2.33. The molecule has 1 aliphatic heterocycles. The number of benzene rings is 1. The predicted molar refractivity (Wildman–Crippen MR) is 102 cm³/mol. The smallest absolute Gasteiger partial charge is 0.276 e. The summed E-state index contributed by atoms with van der Waals surface area (Å²) in [5.74, 6) is 1.13. The lowest BCUT2D eigenvalue weighted by molar-refractivity contribution is 0.0695. The number of carbonyl (C=O) groups excluding carboxylic acids is 1. The zero-order valence-electron chi connectivity index (χ0n) is 15.7. The topological polar surface area (TPSA) is 75.0 Å². The van der Waals surface area contributed by atoms with Crippen LogP contribution in [0.5, 0.6) is 0 Å². The molecule has 6 nitrogen and oxygen atoms in total. The fourth-order valence-corrected chi connectivity index (χ4v) is 3.68. The first-order valence-electron chi connectivity index (χ1n) is 9.48. The van der Waals surface area contributed by atoms with Crippen molar-refractivity contribution < 1.29 is 9.32 Å². The lowest BCUT2D eigenvalue weighted by Gasteiger charge is -2.32. The van der Waals surface area contributed by atoms with Crippen LogP contribution in [-0.2, 0) is 0 Å². The zero-order valence-corrected chi connectivity index (χ0v) is 15.7. The number of rotatable bonds is 4. The van der Waals surface area contributed by atoms with E-state index in [1.54, 1.807) is 6.07 Å². The van der Waals surface area contributed by atoms with Crippen molar-refractivity contribution in [2.45, 2.75) is 38.5 Å². The number of carbonyl (C=O) groups is 1. The fourth-order valence-electron chi connectivity index (χ4n) is 3.68. The number of H-pyrrole nitrogens is 1. The third-order valence-corrected chi connectivity index (χ3v) is 5.19. The second kappa shape index (κ2) is 7.39. The predicted octanol–water partition coefficient (Wildman–Crippen LogP) is 4.21. The van der Waals surface area contributed by atoms with E-state index in [0.29, 0.717) is 12.2 Å². The Balaban J connectivity index is 1.54. The lowest BCUT2D eigenvalue weighted by Crippen LogP contribution is -2.39. The first kappa shape index (κ1) is 17.5. The van der Waals surface area contributed by atoms with Crippen molar-refractivity contribution in [2.75, 3.05) is 13.1 Å². The molecular formula is C21H24N4O2. The molecule has 1 atom stereocenters. The first-order valence-corrected chi connectivity index (χ1v) is 9.48. The maximum absolute atomic E-state index is 12.9. The summed E-state index contributed by atoms with van der Waals surface area (Å²) in [5, 5.41) is 11.4. The summed E-state index contributed by atoms with van der Waals surface area (Å²) in [7, 11) is 0. The molecule has 0 bridgehead atoms. The van der Waals surface area contributed by atoms with E-state index in [0.717, 1.165) is 42.0 Å². The molecule has 3 aromatic rings. The second-order valence-electron chi connectivity index (χ2n) is 7.42. The van der Waals surface area contributed by atoms with E-state index < -0.39 is 0 Å². The second-order valence-corrected chi connectivity index (χ2v) is 7.42. The molecule has 1 amide bonds. The molecule has 0 radical (unpaired) electrons. The van der Waals surface area contributed by atoms with Crippen LogP contribution >= 0.6 is 0 Å². The molecule has 0 saturated carbocycles. The molecule has 0 aliphatic carbocycles. The minimum atomic E-state index is -0.0591. The van der Waals surface area contributed by atoms with Crippen molar-refractivity contribution in [1.82, 2.24) is 20.3 Å². The van der Waals surface area contributed by atoms with Crippen molar-refractivity contribution in [1.29, 1.82) is 0 Å². The van der Waals surface area contributed by atoms with Gasteiger partial charge < -0.3 is 9.42 Å². The SMILES string of the molecule is CC(C)c1cc(C(=O)N2CCCC(c3[nH]ncc3-c3ccccc3)C2)no1. The van der Waals surface area contributed by atoms with Gasteiger partial charge in [-0.2, -0.15) is 5.10 Å². The van der Waals surface area contributed by atoms with Crippen molar-refractivity contribution in [3.63, 3.8) is 0 Å². The summed E-state index contributed by atoms with van der Waals surface area (Å²) in [6.45, 7) is 5.45. The van der Waals surface area contributed by atoms with Crippen LogP contribution < -0.4 is 0 Å². The van der Waals surface area contributed by atoms with E-state index in [2.05, 4.69) is 27.5 Å². The number of amides is 1. The number of hydrogen-bond acceptors (Lipinski definition) is 4. The Kier molecular flexibility index (Phi) is 4.79. The van der Waals surface area contributed by atoms with Crippen molar-refractivity contribution in [3.05, 3.63) is 59.7 Å². The van der Waals surface area contributed by atoms with E-state index in [9.17, 15) is 4.79 Å². The van der Waals surface area contributed by atoms with Gasteiger partial charge in [-0.1, -0.05) is 49.3 Å². The molecular weight excluding hydrogens is 340 g/mol. The summed E-state index contributed by atoms with van der Waals surface area (Å²) in [6.07, 6.45) is 3.86. The zero-order chi connectivity index (χ0) is 18.8. The van der Waals surface area contributed by atoms with E-state index in [1.165, 1.54) is 0 Å². The van der Waals surface area contributed by atoms with E-state index >= 15 is 0 Å². The van der Waals surface area contributed by atoms with Gasteiger partial charge in [-0.25, -0.2) is 0 Å². The quantitative estimate of drug-likeness (QED) is 0.752. The molecule has 1 N–H and O–H groups in total. The molecule has 1 unspecified atom stereocenters. The van der Waals surface area contributed by atoms with Crippen molar-refractivity contribution >= 4 is 5.91 Å². The van der Waals surface area contributed by atoms with Crippen molar-refractivity contribution in [2.24, 2.45) is 0 Å². The molecule has 1 fully saturated rings. The summed E-state index contributed by atoms with van der Waals surface area (Å²) in [6, 6.07) is 12.0. The fraction of sp³-hybridized carbons (Fsp3) is 0.381. The van der Waals surface area contributed by atoms with Crippen LogP contribution in [0.25, 0.3) is 11.1 Å². The van der Waals surface area contributed by atoms with Gasteiger partial charge in [0.25, 0.3) is 5.91 Å². The molecule has 6 heteroatoms. The van der Waals surface area contributed by atoms with Crippen LogP contribution in [0.3, 0.4) is 0 Å². The maximum atomic E-state index is 12.9. The number of nitrogens with one attached hydrogen (secondary N) is 1. The van der Waals surface area contributed by atoms with Gasteiger partial charge in [0.15, 0.2) is 5.69 Å². The number of piperidine rings is 1. The molecule has 2 aromatic heterocycles. The summed E-state index contributed by atoms with van der Waals surface area (Å²) in [4.78, 5) is 14.8. The average Bonchev–Trinajstić information content (AvgIpc) is 3.38. The van der Waals surface area contributed by atoms with Gasteiger partial charge in [0.2, 0.25) is 0 Å². The Morgan fingerprint density at radius 2 is 2.11 bits per heavy atom. The van der Waals surface area contributed by atoms with Gasteiger partial charge >= 0.3 is 0 Å². The average molecular weight is 364 g/mol. The van der Waals surface area contributed by atoms with Crippen LogP contribution in [-0.4, -0.2) is 39.3 Å². The first-order chi connectivity index (χ1) is 13.1. The van der Waals surface area contributed by atoms with Crippen LogP contribution in [0.1, 0.15) is 60.5 Å². The minimum Gasteiger partial charge on any atom is -0.360 e. The largest absolute Gasteiger partial charge is 0.360 e. The standard InChI is InChI=1S/C21H24N4O2/c1-14(2)19-11-18(24-27-19)21(26)25-10-6-9-16(13-25)20-17(12-22-23-20)15-7-4-3-5-8-15/h3-5,7-8,11-12,14,16H,6,9-10,13H2,1-2H3,(H,22,23). The molecule has 4 rings (SSSR count). The molecule has 140 valence electrons. The van der Waals surface area contributed by atoms with Gasteiger partial charge in [-0.3, -0.25) is 9.89 Å². The molecule has 27 heavy (non-hydrogen) atoms. The van der Waals surface area contributed by atoms with Gasteiger partial charge in [0, 0.05) is 42.2 Å². The number of likely N-dealkylation sites (tertiary alicyclic amines) is 1. The number of aromatic nitrogens is 3. The monoisotopic (exact) mass is 364 g/mol. The van der Waals surface area contributed by atoms with E-state index in [-0.39, 0.29) is 17.7 Å². The van der Waals surface area contributed by atoms with Crippen LogP contribution in [0, 0.1) is 0 Å². The minimum absolute atomic E-state index is 0.0591. The number of aromatic amines is 1. The molecule has 0 spiro atoms. The molecule has 1 saturated heterocycles. The highest BCUT2D eigenvalue weighted by molar-refractivity contribution is 5.92. The van der Waals surface area contributed by atoms with E-state index in [4.69, 9.17) is 4.52 Å². The van der Waals surface area contributed by atoms with Crippen LogP contribution in [0.15, 0.2) is 47.1 Å². The van der Waals surface area contributed by atoms with Crippen LogP contribution in [0.2, 0.25) is 0 Å². The maximum Gasteiger partial charge on any atom is 0.276 e. The van der Waals surface area contributed by atoms with Gasteiger partial charge in [-0.05, 0) is 18.4 Å². The Bertz CT molecular complexity index is 913. The lowest BCUT2D eigenvalue weighted by atomic mass is 9.90. The highest BCUT2D eigenvalue weighted by atomic mass is 16.5. The number of hydrogen-bond donors (Lipinski definition) is 1. The molecule has 1 aromatic carbocycles. The Labute approximate surface area is 158 Å². The normalized spacial score (nSPS) is 17.4. The third kappa shape index (κ3) is 3.52. The van der Waals surface area contributed by atoms with Crippen LogP contribution in [0.4, 0.5) is 0 Å². The van der Waals surface area contributed by atoms with Gasteiger partial charge in [-0.15, -0.1) is 0 Å². The summed E-state index contributed by atoms with van der Waals surface area (Å²) in [5.41, 5.74) is 3.75. The third-order valence-electron chi connectivity index (χ3n) is 5.19. The van der Waals surface area contributed by atoms with Crippen molar-refractivity contribution in [3.8, 4) is 11.1 Å². The summed E-state index contributed by atoms with van der Waals surface area (Å²) >= 11 is 0. The number of nitrogens with zero attached hydrogens (tertiary/aromatic N) is 3. The van der Waals surface area contributed by atoms with Gasteiger partial charge in [0.1, 0.15) is 5.76 Å². The Morgan fingerprint density at radius 3 is 2.85 bits per heavy atom. The Hall–Kier alpha value is -2.89. The Morgan fingerprint density at radius 1 is 1.30 bits per heavy atom. The highest BCUT2D eigenvalue weighted by Gasteiger charge is 2.29. The van der Waals surface area contributed by atoms with Gasteiger partial charge in [0.05, 0.1) is 6.20 Å². The molecule has 3 heterocycles. The molecule has 1 aliphatic rings.